The molecule has 1 fully saturated rings. The maximum absolute atomic E-state index is 10.7. The van der Waals surface area contributed by atoms with Gasteiger partial charge in [-0.25, -0.2) is 0 Å². The van der Waals surface area contributed by atoms with E-state index in [9.17, 15) is 8.42 Å². The second kappa shape index (κ2) is 3.03. The second-order valence-electron chi connectivity index (χ2n) is 2.91. The van der Waals surface area contributed by atoms with Crippen LogP contribution in [0.4, 0.5) is 0 Å². The molecule has 0 aromatic heterocycles. The number of halogens is 1. The Balaban J connectivity index is 2.48. The van der Waals surface area contributed by atoms with Crippen LogP contribution in [0.25, 0.3) is 0 Å². The van der Waals surface area contributed by atoms with Crippen LogP contribution in [-0.4, -0.2) is 25.6 Å². The van der Waals surface area contributed by atoms with E-state index in [1.54, 1.807) is 0 Å². The molecule has 3 nitrogen and oxygen atoms in total. The van der Waals surface area contributed by atoms with Crippen LogP contribution in [0.5, 0.6) is 0 Å². The largest absolute Gasteiger partial charge is 0.264 e. The fourth-order valence-corrected chi connectivity index (χ4v) is 2.62. The summed E-state index contributed by atoms with van der Waals surface area (Å²) in [7, 11) is -3.26. The van der Waals surface area contributed by atoms with E-state index in [1.165, 1.54) is 0 Å². The lowest BCUT2D eigenvalue weighted by Crippen LogP contribution is -2.19. The summed E-state index contributed by atoms with van der Waals surface area (Å²) >= 11 is 3.26. The van der Waals surface area contributed by atoms with Crippen LogP contribution in [0, 0.1) is 0 Å². The van der Waals surface area contributed by atoms with Gasteiger partial charge < -0.3 is 0 Å². The van der Waals surface area contributed by atoms with Gasteiger partial charge in [0.25, 0.3) is 10.1 Å². The zero-order valence-corrected chi connectivity index (χ0v) is 8.74. The van der Waals surface area contributed by atoms with Gasteiger partial charge in [-0.3, -0.25) is 4.18 Å². The maximum atomic E-state index is 10.7. The van der Waals surface area contributed by atoms with Gasteiger partial charge in [0.2, 0.25) is 0 Å². The van der Waals surface area contributed by atoms with E-state index >= 15 is 0 Å². The van der Waals surface area contributed by atoms with Crippen molar-refractivity contribution in [1.82, 2.24) is 0 Å². The summed E-state index contributed by atoms with van der Waals surface area (Å²) in [6.45, 7) is 0. The molecule has 0 amide bonds. The quantitative estimate of drug-likeness (QED) is 0.551. The van der Waals surface area contributed by atoms with E-state index in [0.29, 0.717) is 0 Å². The number of alkyl halides is 1. The van der Waals surface area contributed by atoms with E-state index in [1.807, 2.05) is 0 Å². The molecule has 1 saturated carbocycles. The molecular formula is C6H11BrO3S. The summed E-state index contributed by atoms with van der Waals surface area (Å²) in [6, 6.07) is 0. The van der Waals surface area contributed by atoms with Gasteiger partial charge in [-0.05, 0) is 19.3 Å². The highest BCUT2D eigenvalue weighted by molar-refractivity contribution is 9.09. The van der Waals surface area contributed by atoms with Crippen molar-refractivity contribution in [1.29, 1.82) is 0 Å². The highest BCUT2D eigenvalue weighted by Gasteiger charge is 2.46. The molecule has 0 spiro atoms. The van der Waals surface area contributed by atoms with Gasteiger partial charge in [-0.2, -0.15) is 8.42 Å². The lowest BCUT2D eigenvalue weighted by atomic mass is 10.3. The van der Waals surface area contributed by atoms with E-state index < -0.39 is 10.1 Å². The molecule has 0 aliphatic heterocycles. The van der Waals surface area contributed by atoms with Crippen molar-refractivity contribution in [3.8, 4) is 0 Å². The van der Waals surface area contributed by atoms with Crippen LogP contribution in [0.15, 0.2) is 0 Å². The fraction of sp³-hybridized carbons (Fsp3) is 1.00. The Hall–Kier alpha value is 0.390. The third-order valence-corrected chi connectivity index (χ3v) is 2.74. The SMILES string of the molecule is CS(=O)(=O)OC1(CCBr)CC1. The highest BCUT2D eigenvalue weighted by atomic mass is 79.9. The molecule has 1 aliphatic carbocycles. The van der Waals surface area contributed by atoms with Gasteiger partial charge in [0.1, 0.15) is 0 Å². The molecule has 66 valence electrons. The van der Waals surface area contributed by atoms with Crippen LogP contribution < -0.4 is 0 Å². The molecule has 1 rings (SSSR count). The Kier molecular flexibility index (Phi) is 2.61. The standard InChI is InChI=1S/C6H11BrO3S/c1-11(8,9)10-6(2-3-6)4-5-7/h2-5H2,1H3. The molecule has 0 aromatic carbocycles. The molecule has 0 saturated heterocycles. The molecule has 0 heterocycles. The van der Waals surface area contributed by atoms with Gasteiger partial charge in [-0.15, -0.1) is 0 Å². The summed E-state index contributed by atoms with van der Waals surface area (Å²) < 4.78 is 26.4. The monoisotopic (exact) mass is 242 g/mol. The first kappa shape index (κ1) is 9.48. The molecular weight excluding hydrogens is 232 g/mol. The zero-order chi connectivity index (χ0) is 8.54. The molecule has 0 aromatic rings. The summed E-state index contributed by atoms with van der Waals surface area (Å²) in [5, 5.41) is 0.794. The number of rotatable bonds is 4. The van der Waals surface area contributed by atoms with Crippen LogP contribution in [0.1, 0.15) is 19.3 Å². The van der Waals surface area contributed by atoms with Crippen molar-refractivity contribution < 1.29 is 12.6 Å². The number of hydrogen-bond donors (Lipinski definition) is 0. The summed E-state index contributed by atoms with van der Waals surface area (Å²) in [5.41, 5.74) is -0.350. The maximum Gasteiger partial charge on any atom is 0.264 e. The van der Waals surface area contributed by atoms with E-state index in [0.717, 1.165) is 30.8 Å². The first-order valence-corrected chi connectivity index (χ1v) is 6.38. The molecule has 0 radical (unpaired) electrons. The summed E-state index contributed by atoms with van der Waals surface area (Å²) in [6.07, 6.45) is 3.61. The normalized spacial score (nSPS) is 21.6. The predicted molar refractivity (Wildman–Crippen MR) is 46.3 cm³/mol. The van der Waals surface area contributed by atoms with Crippen LogP contribution in [-0.2, 0) is 14.3 Å². The van der Waals surface area contributed by atoms with Crippen molar-refractivity contribution in [2.75, 3.05) is 11.6 Å². The average molecular weight is 243 g/mol. The molecule has 1 aliphatic rings. The molecule has 11 heavy (non-hydrogen) atoms. The summed E-state index contributed by atoms with van der Waals surface area (Å²) in [4.78, 5) is 0. The van der Waals surface area contributed by atoms with Crippen molar-refractivity contribution in [3.05, 3.63) is 0 Å². The Morgan fingerprint density at radius 2 is 2.09 bits per heavy atom. The zero-order valence-electron chi connectivity index (χ0n) is 6.34. The van der Waals surface area contributed by atoms with E-state index in [4.69, 9.17) is 4.18 Å². The third-order valence-electron chi connectivity index (χ3n) is 1.69. The Morgan fingerprint density at radius 1 is 1.55 bits per heavy atom. The van der Waals surface area contributed by atoms with Crippen LogP contribution >= 0.6 is 15.9 Å². The second-order valence-corrected chi connectivity index (χ2v) is 5.28. The van der Waals surface area contributed by atoms with Gasteiger partial charge >= 0.3 is 0 Å². The third kappa shape index (κ3) is 3.09. The Bertz CT molecular complexity index is 230. The molecule has 0 bridgehead atoms. The summed E-state index contributed by atoms with van der Waals surface area (Å²) in [5.74, 6) is 0. The van der Waals surface area contributed by atoms with Gasteiger partial charge in [0.15, 0.2) is 0 Å². The Labute approximate surface area is 75.4 Å². The van der Waals surface area contributed by atoms with Crippen molar-refractivity contribution in [3.63, 3.8) is 0 Å². The first-order chi connectivity index (χ1) is 4.97. The highest BCUT2D eigenvalue weighted by Crippen LogP contribution is 2.44. The topological polar surface area (TPSA) is 43.4 Å². The van der Waals surface area contributed by atoms with Crippen molar-refractivity contribution in [2.45, 2.75) is 24.9 Å². The minimum Gasteiger partial charge on any atom is -0.264 e. The molecule has 5 heteroatoms. The van der Waals surface area contributed by atoms with E-state index in [2.05, 4.69) is 15.9 Å². The Morgan fingerprint density at radius 3 is 2.36 bits per heavy atom. The predicted octanol–water partition coefficient (Wildman–Crippen LogP) is 1.28. The van der Waals surface area contributed by atoms with Crippen molar-refractivity contribution in [2.24, 2.45) is 0 Å². The minimum absolute atomic E-state index is 0.350. The lowest BCUT2D eigenvalue weighted by molar-refractivity contribution is 0.186. The van der Waals surface area contributed by atoms with Gasteiger partial charge in [0, 0.05) is 5.33 Å². The molecule has 0 N–H and O–H groups in total. The minimum atomic E-state index is -3.26. The van der Waals surface area contributed by atoms with Crippen molar-refractivity contribution >= 4 is 26.0 Å². The lowest BCUT2D eigenvalue weighted by Gasteiger charge is -2.11. The first-order valence-electron chi connectivity index (χ1n) is 3.44. The smallest absolute Gasteiger partial charge is 0.264 e. The van der Waals surface area contributed by atoms with Gasteiger partial charge in [-0.1, -0.05) is 15.9 Å². The van der Waals surface area contributed by atoms with E-state index in [-0.39, 0.29) is 5.60 Å². The number of hydrogen-bond acceptors (Lipinski definition) is 3. The van der Waals surface area contributed by atoms with Crippen LogP contribution in [0.3, 0.4) is 0 Å². The fourth-order valence-electron chi connectivity index (χ4n) is 1.01. The van der Waals surface area contributed by atoms with Gasteiger partial charge in [0.05, 0.1) is 11.9 Å². The molecule has 0 unspecified atom stereocenters. The average Bonchev–Trinajstić information content (AvgIpc) is 2.44. The van der Waals surface area contributed by atoms with Crippen LogP contribution in [0.2, 0.25) is 0 Å². The molecule has 0 atom stereocenters.